The molecule has 3 rings (SSSR count). The van der Waals surface area contributed by atoms with E-state index in [0.29, 0.717) is 22.8 Å². The second-order valence-electron chi connectivity index (χ2n) is 5.85. The SMILES string of the molecule is Cc1ncc(C(=O)Nc2ccc(F)c(-c3ncn[nH]3)c2)c(C(C)C)n1. The Morgan fingerprint density at radius 1 is 1.28 bits per heavy atom. The lowest BCUT2D eigenvalue weighted by Crippen LogP contribution is -2.17. The van der Waals surface area contributed by atoms with Crippen molar-refractivity contribution >= 4 is 11.6 Å². The molecule has 128 valence electrons. The van der Waals surface area contributed by atoms with Crippen LogP contribution < -0.4 is 5.32 Å². The molecule has 25 heavy (non-hydrogen) atoms. The van der Waals surface area contributed by atoms with Crippen molar-refractivity contribution < 1.29 is 9.18 Å². The van der Waals surface area contributed by atoms with Crippen LogP contribution in [0.3, 0.4) is 0 Å². The van der Waals surface area contributed by atoms with Gasteiger partial charge in [-0.05, 0) is 31.0 Å². The second kappa shape index (κ2) is 6.76. The highest BCUT2D eigenvalue weighted by Crippen LogP contribution is 2.24. The number of nitrogens with zero attached hydrogens (tertiary/aromatic N) is 4. The fourth-order valence-corrected chi connectivity index (χ4v) is 2.42. The Bertz CT molecular complexity index is 908. The molecule has 2 heterocycles. The van der Waals surface area contributed by atoms with Gasteiger partial charge >= 0.3 is 0 Å². The number of aromatic amines is 1. The highest BCUT2D eigenvalue weighted by atomic mass is 19.1. The summed E-state index contributed by atoms with van der Waals surface area (Å²) in [6.07, 6.45) is 2.80. The molecule has 0 aliphatic rings. The largest absolute Gasteiger partial charge is 0.322 e. The molecule has 0 unspecified atom stereocenters. The summed E-state index contributed by atoms with van der Waals surface area (Å²) in [7, 11) is 0. The number of aryl methyl sites for hydroxylation is 1. The molecule has 0 saturated carbocycles. The van der Waals surface area contributed by atoms with Crippen LogP contribution in [0.1, 0.15) is 41.6 Å². The normalized spacial score (nSPS) is 10.9. The van der Waals surface area contributed by atoms with Gasteiger partial charge in [-0.1, -0.05) is 13.8 Å². The van der Waals surface area contributed by atoms with E-state index in [1.807, 2.05) is 13.8 Å². The lowest BCUT2D eigenvalue weighted by Gasteiger charge is -2.12. The second-order valence-corrected chi connectivity index (χ2v) is 5.85. The number of nitrogens with one attached hydrogen (secondary N) is 2. The molecule has 3 aromatic rings. The maximum Gasteiger partial charge on any atom is 0.259 e. The molecule has 0 aliphatic heterocycles. The van der Waals surface area contributed by atoms with Crippen molar-refractivity contribution in [1.29, 1.82) is 0 Å². The van der Waals surface area contributed by atoms with E-state index in [0.717, 1.165) is 0 Å². The number of amides is 1. The Balaban J connectivity index is 1.91. The van der Waals surface area contributed by atoms with Crippen molar-refractivity contribution in [1.82, 2.24) is 25.1 Å². The Morgan fingerprint density at radius 2 is 2.08 bits per heavy atom. The summed E-state index contributed by atoms with van der Waals surface area (Å²) < 4.78 is 14.0. The standard InChI is InChI=1S/C17H17FN6O/c1-9(2)15-13(7-19-10(3)22-15)17(25)23-11-4-5-14(18)12(6-11)16-20-8-21-24-16/h4-9H,1-3H3,(H,23,25)(H,20,21,24). The van der Waals surface area contributed by atoms with Crippen LogP contribution in [0.2, 0.25) is 0 Å². The minimum atomic E-state index is -0.462. The molecule has 0 atom stereocenters. The lowest BCUT2D eigenvalue weighted by molar-refractivity contribution is 0.102. The van der Waals surface area contributed by atoms with Gasteiger partial charge in [0.15, 0.2) is 5.82 Å². The fraction of sp³-hybridized carbons (Fsp3) is 0.235. The molecular weight excluding hydrogens is 323 g/mol. The van der Waals surface area contributed by atoms with Crippen LogP contribution in [0.4, 0.5) is 10.1 Å². The van der Waals surface area contributed by atoms with Gasteiger partial charge in [-0.3, -0.25) is 9.89 Å². The molecule has 8 heteroatoms. The number of aromatic nitrogens is 5. The van der Waals surface area contributed by atoms with E-state index in [-0.39, 0.29) is 23.2 Å². The van der Waals surface area contributed by atoms with Crippen LogP contribution in [0.5, 0.6) is 0 Å². The fourth-order valence-electron chi connectivity index (χ4n) is 2.42. The zero-order valence-corrected chi connectivity index (χ0v) is 14.0. The minimum Gasteiger partial charge on any atom is -0.322 e. The molecule has 0 radical (unpaired) electrons. The first-order valence-electron chi connectivity index (χ1n) is 7.76. The first kappa shape index (κ1) is 16.7. The smallest absolute Gasteiger partial charge is 0.259 e. The number of benzene rings is 1. The molecule has 0 aliphatic carbocycles. The number of rotatable bonds is 4. The van der Waals surface area contributed by atoms with Crippen LogP contribution in [-0.4, -0.2) is 31.1 Å². The van der Waals surface area contributed by atoms with Gasteiger partial charge in [-0.2, -0.15) is 5.10 Å². The third-order valence-corrected chi connectivity index (χ3v) is 3.62. The van der Waals surface area contributed by atoms with Gasteiger partial charge in [-0.15, -0.1) is 0 Å². The molecule has 7 nitrogen and oxygen atoms in total. The molecule has 1 aromatic carbocycles. The van der Waals surface area contributed by atoms with E-state index < -0.39 is 5.82 Å². The van der Waals surface area contributed by atoms with Gasteiger partial charge in [0.1, 0.15) is 18.0 Å². The summed E-state index contributed by atoms with van der Waals surface area (Å²) in [4.78, 5) is 25.0. The first-order valence-corrected chi connectivity index (χ1v) is 7.76. The van der Waals surface area contributed by atoms with Crippen LogP contribution >= 0.6 is 0 Å². The average molecular weight is 340 g/mol. The predicted octanol–water partition coefficient (Wildman–Crippen LogP) is 3.08. The molecule has 0 bridgehead atoms. The van der Waals surface area contributed by atoms with Gasteiger partial charge < -0.3 is 5.32 Å². The zero-order chi connectivity index (χ0) is 18.0. The summed E-state index contributed by atoms with van der Waals surface area (Å²) in [5, 5.41) is 9.07. The molecule has 0 saturated heterocycles. The van der Waals surface area contributed by atoms with Gasteiger partial charge in [0.25, 0.3) is 5.91 Å². The number of hydrogen-bond acceptors (Lipinski definition) is 5. The number of H-pyrrole nitrogens is 1. The van der Waals surface area contributed by atoms with Crippen LogP contribution in [0.25, 0.3) is 11.4 Å². The number of anilines is 1. The van der Waals surface area contributed by atoms with E-state index in [4.69, 9.17) is 0 Å². The number of carbonyl (C=O) groups excluding carboxylic acids is 1. The first-order chi connectivity index (χ1) is 12.0. The summed E-state index contributed by atoms with van der Waals surface area (Å²) in [5.41, 5.74) is 1.72. The van der Waals surface area contributed by atoms with Crippen LogP contribution in [-0.2, 0) is 0 Å². The number of hydrogen-bond donors (Lipinski definition) is 2. The topological polar surface area (TPSA) is 96.5 Å². The number of halogens is 1. The van der Waals surface area contributed by atoms with E-state index >= 15 is 0 Å². The zero-order valence-electron chi connectivity index (χ0n) is 14.0. The summed E-state index contributed by atoms with van der Waals surface area (Å²) in [5.74, 6) is 0.153. The lowest BCUT2D eigenvalue weighted by atomic mass is 10.0. The molecule has 2 aromatic heterocycles. The predicted molar refractivity (Wildman–Crippen MR) is 90.6 cm³/mol. The Labute approximate surface area is 143 Å². The van der Waals surface area contributed by atoms with Crippen LogP contribution in [0, 0.1) is 12.7 Å². The van der Waals surface area contributed by atoms with Crippen molar-refractivity contribution in [2.24, 2.45) is 0 Å². The molecular formula is C17H17FN6O. The third kappa shape index (κ3) is 3.52. The van der Waals surface area contributed by atoms with E-state index in [9.17, 15) is 9.18 Å². The highest BCUT2D eigenvalue weighted by molar-refractivity contribution is 6.05. The van der Waals surface area contributed by atoms with Crippen molar-refractivity contribution in [2.75, 3.05) is 5.32 Å². The van der Waals surface area contributed by atoms with Crippen LogP contribution in [0.15, 0.2) is 30.7 Å². The Hall–Kier alpha value is -3.16. The highest BCUT2D eigenvalue weighted by Gasteiger charge is 2.17. The summed E-state index contributed by atoms with van der Waals surface area (Å²) in [6, 6.07) is 4.25. The monoisotopic (exact) mass is 340 g/mol. The van der Waals surface area contributed by atoms with Gasteiger partial charge in [-0.25, -0.2) is 19.3 Å². The van der Waals surface area contributed by atoms with Crippen molar-refractivity contribution in [3.05, 3.63) is 53.6 Å². The molecule has 2 N–H and O–H groups in total. The minimum absolute atomic E-state index is 0.0698. The third-order valence-electron chi connectivity index (χ3n) is 3.62. The summed E-state index contributed by atoms with van der Waals surface area (Å²) in [6.45, 7) is 5.69. The maximum absolute atomic E-state index is 14.0. The van der Waals surface area contributed by atoms with Gasteiger partial charge in [0, 0.05) is 11.9 Å². The molecule has 0 fully saturated rings. The summed E-state index contributed by atoms with van der Waals surface area (Å²) >= 11 is 0. The number of carbonyl (C=O) groups is 1. The van der Waals surface area contributed by atoms with Crippen molar-refractivity contribution in [2.45, 2.75) is 26.7 Å². The van der Waals surface area contributed by atoms with E-state index in [1.165, 1.54) is 30.7 Å². The quantitative estimate of drug-likeness (QED) is 0.761. The van der Waals surface area contributed by atoms with Gasteiger partial charge in [0.05, 0.1) is 16.8 Å². The average Bonchev–Trinajstić information content (AvgIpc) is 3.10. The van der Waals surface area contributed by atoms with Crippen molar-refractivity contribution in [3.8, 4) is 11.4 Å². The Morgan fingerprint density at radius 3 is 2.76 bits per heavy atom. The maximum atomic E-state index is 14.0. The Kier molecular flexibility index (Phi) is 4.51. The molecule has 1 amide bonds. The van der Waals surface area contributed by atoms with Crippen molar-refractivity contribution in [3.63, 3.8) is 0 Å². The van der Waals surface area contributed by atoms with E-state index in [1.54, 1.807) is 6.92 Å². The van der Waals surface area contributed by atoms with E-state index in [2.05, 4.69) is 30.5 Å². The van der Waals surface area contributed by atoms with Gasteiger partial charge in [0.2, 0.25) is 0 Å². The molecule has 0 spiro atoms.